The summed E-state index contributed by atoms with van der Waals surface area (Å²) in [5.41, 5.74) is 1.23. The Hall–Kier alpha value is -2.11. The van der Waals surface area contributed by atoms with Gasteiger partial charge in [-0.3, -0.25) is 9.59 Å². The first-order valence-electron chi connectivity index (χ1n) is 9.50. The molecule has 2 amide bonds. The zero-order valence-corrected chi connectivity index (χ0v) is 18.2. The Bertz CT molecular complexity index is 838. The minimum Gasteiger partial charge on any atom is -0.352 e. The molecule has 0 radical (unpaired) electrons. The highest BCUT2D eigenvalue weighted by Crippen LogP contribution is 2.27. The van der Waals surface area contributed by atoms with Gasteiger partial charge in [-0.1, -0.05) is 48.3 Å². The molecule has 0 bridgehead atoms. The van der Waals surface area contributed by atoms with E-state index in [0.717, 1.165) is 6.42 Å². The van der Waals surface area contributed by atoms with Crippen molar-refractivity contribution in [1.29, 1.82) is 0 Å². The van der Waals surface area contributed by atoms with Crippen molar-refractivity contribution in [3.8, 4) is 0 Å². The normalized spacial score (nSPS) is 12.9. The molecule has 0 aromatic heterocycles. The molecule has 0 saturated carbocycles. The van der Waals surface area contributed by atoms with Gasteiger partial charge in [0, 0.05) is 28.2 Å². The Balaban J connectivity index is 2.29. The fraction of sp³-hybridized carbons (Fsp3) is 0.364. The molecule has 1 N–H and O–H groups in total. The molecule has 4 nitrogen and oxygen atoms in total. The van der Waals surface area contributed by atoms with E-state index in [2.05, 4.69) is 5.32 Å². The second-order valence-corrected chi connectivity index (χ2v) is 7.83. The van der Waals surface area contributed by atoms with Crippen LogP contribution in [-0.2, 0) is 22.6 Å². The van der Waals surface area contributed by atoms with Crippen molar-refractivity contribution in [2.24, 2.45) is 0 Å². The Labute approximate surface area is 181 Å². The van der Waals surface area contributed by atoms with Gasteiger partial charge in [-0.15, -0.1) is 0 Å². The minimum atomic E-state index is -0.732. The second-order valence-electron chi connectivity index (χ2n) is 7.02. The average Bonchev–Trinajstić information content (AvgIpc) is 2.68. The van der Waals surface area contributed by atoms with Crippen LogP contribution in [0.25, 0.3) is 0 Å². The van der Waals surface area contributed by atoms with E-state index in [4.69, 9.17) is 23.2 Å². The third kappa shape index (κ3) is 6.44. The molecular formula is C22H25Cl2FN2O2. The summed E-state index contributed by atoms with van der Waals surface area (Å²) in [5, 5.41) is 3.75. The van der Waals surface area contributed by atoms with E-state index in [9.17, 15) is 14.0 Å². The number of nitrogens with zero attached hydrogens (tertiary/aromatic N) is 1. The van der Waals surface area contributed by atoms with Crippen molar-refractivity contribution in [3.63, 3.8) is 0 Å². The Morgan fingerprint density at radius 1 is 1.07 bits per heavy atom. The third-order valence-corrected chi connectivity index (χ3v) is 5.54. The van der Waals surface area contributed by atoms with Gasteiger partial charge in [-0.25, -0.2) is 4.39 Å². The molecule has 156 valence electrons. The van der Waals surface area contributed by atoms with Crippen molar-refractivity contribution in [3.05, 3.63) is 69.5 Å². The molecule has 29 heavy (non-hydrogen) atoms. The first-order chi connectivity index (χ1) is 13.7. The molecule has 0 aliphatic heterocycles. The third-order valence-electron chi connectivity index (χ3n) is 4.83. The summed E-state index contributed by atoms with van der Waals surface area (Å²) >= 11 is 12.6. The SMILES string of the molecule is CC[C@@H](C)NC(=O)[C@H](C)N(Cc1c(Cl)cccc1Cl)C(=O)Cc1ccc(F)cc1. The van der Waals surface area contributed by atoms with Crippen molar-refractivity contribution in [1.82, 2.24) is 10.2 Å². The topological polar surface area (TPSA) is 49.4 Å². The number of carbonyl (C=O) groups excluding carboxylic acids is 2. The predicted molar refractivity (Wildman–Crippen MR) is 114 cm³/mol. The molecule has 2 aromatic rings. The largest absolute Gasteiger partial charge is 0.352 e. The fourth-order valence-electron chi connectivity index (χ4n) is 2.78. The van der Waals surface area contributed by atoms with Crippen LogP contribution in [0, 0.1) is 5.82 Å². The van der Waals surface area contributed by atoms with Crippen LogP contribution in [0.3, 0.4) is 0 Å². The van der Waals surface area contributed by atoms with Crippen LogP contribution in [-0.4, -0.2) is 28.8 Å². The van der Waals surface area contributed by atoms with Gasteiger partial charge in [-0.2, -0.15) is 0 Å². The number of halogens is 3. The number of amides is 2. The Kier molecular flexibility index (Phi) is 8.47. The van der Waals surface area contributed by atoms with E-state index in [-0.39, 0.29) is 36.6 Å². The highest BCUT2D eigenvalue weighted by atomic mass is 35.5. The molecule has 7 heteroatoms. The number of hydrogen-bond donors (Lipinski definition) is 1. The van der Waals surface area contributed by atoms with Crippen LogP contribution in [0.1, 0.15) is 38.3 Å². The average molecular weight is 439 g/mol. The van der Waals surface area contributed by atoms with E-state index in [1.165, 1.54) is 17.0 Å². The quantitative estimate of drug-likeness (QED) is 0.629. The van der Waals surface area contributed by atoms with Crippen LogP contribution in [0.2, 0.25) is 10.0 Å². The smallest absolute Gasteiger partial charge is 0.242 e. The minimum absolute atomic E-state index is 0.0112. The van der Waals surface area contributed by atoms with Gasteiger partial charge in [0.15, 0.2) is 0 Å². The van der Waals surface area contributed by atoms with E-state index in [1.807, 2.05) is 13.8 Å². The number of hydrogen-bond acceptors (Lipinski definition) is 2. The van der Waals surface area contributed by atoms with Gasteiger partial charge >= 0.3 is 0 Å². The van der Waals surface area contributed by atoms with Gasteiger partial charge in [0.05, 0.1) is 6.42 Å². The highest BCUT2D eigenvalue weighted by molar-refractivity contribution is 6.36. The summed E-state index contributed by atoms with van der Waals surface area (Å²) in [7, 11) is 0. The van der Waals surface area contributed by atoms with E-state index >= 15 is 0 Å². The maximum absolute atomic E-state index is 13.2. The Morgan fingerprint density at radius 3 is 2.21 bits per heavy atom. The Morgan fingerprint density at radius 2 is 1.66 bits per heavy atom. The molecule has 0 heterocycles. The number of rotatable bonds is 8. The van der Waals surface area contributed by atoms with E-state index < -0.39 is 6.04 Å². The molecule has 0 aliphatic rings. The molecule has 0 fully saturated rings. The first-order valence-corrected chi connectivity index (χ1v) is 10.3. The summed E-state index contributed by atoms with van der Waals surface area (Å²) in [5.74, 6) is -0.906. The maximum atomic E-state index is 13.2. The molecular weight excluding hydrogens is 414 g/mol. The summed E-state index contributed by atoms with van der Waals surface area (Å²) in [4.78, 5) is 27.2. The van der Waals surface area contributed by atoms with Gasteiger partial charge in [-0.05, 0) is 50.1 Å². The van der Waals surface area contributed by atoms with Crippen molar-refractivity contribution in [2.45, 2.75) is 52.2 Å². The van der Waals surface area contributed by atoms with Crippen LogP contribution in [0.5, 0.6) is 0 Å². The van der Waals surface area contributed by atoms with Gasteiger partial charge in [0.25, 0.3) is 0 Å². The predicted octanol–water partition coefficient (Wildman–Crippen LogP) is 5.01. The fourth-order valence-corrected chi connectivity index (χ4v) is 3.30. The van der Waals surface area contributed by atoms with Crippen LogP contribution < -0.4 is 5.32 Å². The van der Waals surface area contributed by atoms with Gasteiger partial charge < -0.3 is 10.2 Å². The van der Waals surface area contributed by atoms with Crippen molar-refractivity contribution >= 4 is 35.0 Å². The second kappa shape index (κ2) is 10.6. The summed E-state index contributed by atoms with van der Waals surface area (Å²) in [6, 6.07) is 10.1. The van der Waals surface area contributed by atoms with Crippen LogP contribution in [0.4, 0.5) is 4.39 Å². The molecule has 0 unspecified atom stereocenters. The lowest BCUT2D eigenvalue weighted by molar-refractivity contribution is -0.140. The maximum Gasteiger partial charge on any atom is 0.242 e. The van der Waals surface area contributed by atoms with Crippen LogP contribution in [0.15, 0.2) is 42.5 Å². The molecule has 2 rings (SSSR count). The monoisotopic (exact) mass is 438 g/mol. The lowest BCUT2D eigenvalue weighted by Gasteiger charge is -2.30. The number of benzene rings is 2. The molecule has 0 saturated heterocycles. The van der Waals surface area contributed by atoms with Gasteiger partial charge in [0.2, 0.25) is 11.8 Å². The lowest BCUT2D eigenvalue weighted by Crippen LogP contribution is -2.50. The lowest BCUT2D eigenvalue weighted by atomic mass is 10.1. The first kappa shape index (κ1) is 23.2. The van der Waals surface area contributed by atoms with E-state index in [0.29, 0.717) is 21.2 Å². The molecule has 2 aromatic carbocycles. The van der Waals surface area contributed by atoms with Gasteiger partial charge in [0.1, 0.15) is 11.9 Å². The zero-order valence-electron chi connectivity index (χ0n) is 16.7. The summed E-state index contributed by atoms with van der Waals surface area (Å²) in [6.07, 6.45) is 0.807. The number of nitrogens with one attached hydrogen (secondary N) is 1. The van der Waals surface area contributed by atoms with Crippen molar-refractivity contribution < 1.29 is 14.0 Å². The molecule has 2 atom stereocenters. The summed E-state index contributed by atoms with van der Waals surface area (Å²) in [6.45, 7) is 5.63. The zero-order chi connectivity index (χ0) is 21.6. The highest BCUT2D eigenvalue weighted by Gasteiger charge is 2.28. The van der Waals surface area contributed by atoms with Crippen LogP contribution >= 0.6 is 23.2 Å². The standard InChI is InChI=1S/C22H25Cl2FN2O2/c1-4-14(2)26-22(29)15(3)27(13-18-19(23)6-5-7-20(18)24)21(28)12-16-8-10-17(25)11-9-16/h5-11,14-15H,4,12-13H2,1-3H3,(H,26,29)/t14-,15+/m1/s1. The summed E-state index contributed by atoms with van der Waals surface area (Å²) < 4.78 is 13.2. The number of carbonyl (C=O) groups is 2. The molecule has 0 aliphatic carbocycles. The van der Waals surface area contributed by atoms with E-state index in [1.54, 1.807) is 37.3 Å². The molecule has 0 spiro atoms. The van der Waals surface area contributed by atoms with Crippen molar-refractivity contribution in [2.75, 3.05) is 0 Å².